The van der Waals surface area contributed by atoms with Gasteiger partial charge in [-0.2, -0.15) is 0 Å². The Labute approximate surface area is 96.9 Å². The maximum Gasteiger partial charge on any atom is 0.0298 e. The Balaban J connectivity index is 2.49. The third kappa shape index (κ3) is 2.15. The molecular weight excluding hydrogens is 194 g/mol. The van der Waals surface area contributed by atoms with Gasteiger partial charge >= 0.3 is 0 Å². The Morgan fingerprint density at radius 3 is 2.25 bits per heavy atom. The van der Waals surface area contributed by atoms with E-state index in [0.29, 0.717) is 0 Å². The van der Waals surface area contributed by atoms with Gasteiger partial charge in [-0.3, -0.25) is 0 Å². The zero-order valence-electron chi connectivity index (χ0n) is 9.56. The quantitative estimate of drug-likeness (QED) is 0.821. The fourth-order valence-corrected chi connectivity index (χ4v) is 1.92. The Bertz CT molecular complexity index is 448. The lowest BCUT2D eigenvalue weighted by Gasteiger charge is -2.14. The van der Waals surface area contributed by atoms with Gasteiger partial charge in [0.15, 0.2) is 0 Å². The second kappa shape index (κ2) is 4.95. The summed E-state index contributed by atoms with van der Waals surface area (Å²) < 4.78 is 0. The third-order valence-electron chi connectivity index (χ3n) is 2.88. The molecule has 0 aliphatic rings. The van der Waals surface area contributed by atoms with Crippen LogP contribution in [0.5, 0.6) is 0 Å². The van der Waals surface area contributed by atoms with Crippen LogP contribution in [0.15, 0.2) is 54.6 Å². The topological polar surface area (TPSA) is 26.0 Å². The first kappa shape index (κ1) is 10.9. The summed E-state index contributed by atoms with van der Waals surface area (Å²) in [7, 11) is 0. The van der Waals surface area contributed by atoms with Crippen molar-refractivity contribution in [3.05, 3.63) is 60.2 Å². The lowest BCUT2D eigenvalue weighted by molar-refractivity contribution is 0.700. The summed E-state index contributed by atoms with van der Waals surface area (Å²) in [5.74, 6) is 0. The van der Waals surface area contributed by atoms with Gasteiger partial charge in [-0.1, -0.05) is 61.5 Å². The molecule has 0 saturated heterocycles. The van der Waals surface area contributed by atoms with E-state index < -0.39 is 0 Å². The van der Waals surface area contributed by atoms with Crippen LogP contribution in [0.2, 0.25) is 0 Å². The lowest BCUT2D eigenvalue weighted by atomic mass is 9.94. The average Bonchev–Trinajstić information content (AvgIpc) is 2.39. The summed E-state index contributed by atoms with van der Waals surface area (Å²) >= 11 is 0. The van der Waals surface area contributed by atoms with Crippen molar-refractivity contribution in [2.24, 2.45) is 5.73 Å². The highest BCUT2D eigenvalue weighted by molar-refractivity contribution is 5.67. The first-order valence-electron chi connectivity index (χ1n) is 5.73. The molecule has 2 aromatic rings. The second-order valence-corrected chi connectivity index (χ2v) is 3.97. The molecule has 0 bridgehead atoms. The standard InChI is InChI=1S/C15H17N/c1-2-15(16)14-11-7-6-10-13(14)12-8-4-3-5-9-12/h3-11,15H,2,16H2,1H3. The highest BCUT2D eigenvalue weighted by atomic mass is 14.6. The van der Waals surface area contributed by atoms with Gasteiger partial charge in [0.2, 0.25) is 0 Å². The van der Waals surface area contributed by atoms with Crippen molar-refractivity contribution in [3.8, 4) is 11.1 Å². The summed E-state index contributed by atoms with van der Waals surface area (Å²) in [5.41, 5.74) is 9.85. The van der Waals surface area contributed by atoms with Crippen molar-refractivity contribution in [1.82, 2.24) is 0 Å². The van der Waals surface area contributed by atoms with E-state index in [1.165, 1.54) is 16.7 Å². The fraction of sp³-hybridized carbons (Fsp3) is 0.200. The van der Waals surface area contributed by atoms with E-state index in [0.717, 1.165) is 6.42 Å². The van der Waals surface area contributed by atoms with E-state index in [1.807, 2.05) is 6.07 Å². The lowest BCUT2D eigenvalue weighted by Crippen LogP contribution is -2.09. The highest BCUT2D eigenvalue weighted by Gasteiger charge is 2.09. The molecule has 0 fully saturated rings. The first-order valence-corrected chi connectivity index (χ1v) is 5.73. The van der Waals surface area contributed by atoms with Gasteiger partial charge in [0.05, 0.1) is 0 Å². The molecule has 1 nitrogen and oxygen atoms in total. The molecule has 0 heterocycles. The van der Waals surface area contributed by atoms with Gasteiger partial charge in [-0.05, 0) is 23.1 Å². The third-order valence-corrected chi connectivity index (χ3v) is 2.88. The second-order valence-electron chi connectivity index (χ2n) is 3.97. The molecule has 0 amide bonds. The molecule has 0 saturated carbocycles. The largest absolute Gasteiger partial charge is 0.324 e. The summed E-state index contributed by atoms with van der Waals surface area (Å²) in [6, 6.07) is 18.9. The van der Waals surface area contributed by atoms with Crippen molar-refractivity contribution >= 4 is 0 Å². The van der Waals surface area contributed by atoms with Crippen molar-refractivity contribution in [3.63, 3.8) is 0 Å². The maximum absolute atomic E-state index is 6.13. The minimum Gasteiger partial charge on any atom is -0.324 e. The van der Waals surface area contributed by atoms with Crippen LogP contribution in [0, 0.1) is 0 Å². The molecule has 1 heteroatoms. The van der Waals surface area contributed by atoms with Crippen LogP contribution in [0.3, 0.4) is 0 Å². The molecule has 1 atom stereocenters. The van der Waals surface area contributed by atoms with Crippen LogP contribution in [0.4, 0.5) is 0 Å². The summed E-state index contributed by atoms with van der Waals surface area (Å²) in [5, 5.41) is 0. The molecule has 0 aromatic heterocycles. The zero-order valence-corrected chi connectivity index (χ0v) is 9.56. The van der Waals surface area contributed by atoms with Crippen LogP contribution >= 0.6 is 0 Å². The van der Waals surface area contributed by atoms with E-state index in [2.05, 4.69) is 55.5 Å². The number of benzene rings is 2. The Hall–Kier alpha value is -1.60. The summed E-state index contributed by atoms with van der Waals surface area (Å²) in [6.45, 7) is 2.12. The highest BCUT2D eigenvalue weighted by Crippen LogP contribution is 2.28. The molecule has 82 valence electrons. The average molecular weight is 211 g/mol. The van der Waals surface area contributed by atoms with Gasteiger partial charge in [-0.25, -0.2) is 0 Å². The maximum atomic E-state index is 6.13. The fourth-order valence-electron chi connectivity index (χ4n) is 1.92. The molecular formula is C15H17N. The first-order chi connectivity index (χ1) is 7.83. The van der Waals surface area contributed by atoms with Gasteiger partial charge in [0.25, 0.3) is 0 Å². The molecule has 2 rings (SSSR count). The Kier molecular flexibility index (Phi) is 3.37. The molecule has 2 aromatic carbocycles. The van der Waals surface area contributed by atoms with Crippen molar-refractivity contribution < 1.29 is 0 Å². The molecule has 0 aliphatic heterocycles. The van der Waals surface area contributed by atoms with Gasteiger partial charge in [0, 0.05) is 6.04 Å². The molecule has 2 N–H and O–H groups in total. The van der Waals surface area contributed by atoms with Crippen LogP contribution < -0.4 is 5.73 Å². The van der Waals surface area contributed by atoms with Gasteiger partial charge in [0.1, 0.15) is 0 Å². The van der Waals surface area contributed by atoms with E-state index in [1.54, 1.807) is 0 Å². The number of nitrogens with two attached hydrogens (primary N) is 1. The smallest absolute Gasteiger partial charge is 0.0298 e. The monoisotopic (exact) mass is 211 g/mol. The van der Waals surface area contributed by atoms with Crippen LogP contribution in [0.25, 0.3) is 11.1 Å². The van der Waals surface area contributed by atoms with E-state index in [-0.39, 0.29) is 6.04 Å². The zero-order chi connectivity index (χ0) is 11.4. The van der Waals surface area contributed by atoms with E-state index in [4.69, 9.17) is 5.73 Å². The molecule has 0 spiro atoms. The van der Waals surface area contributed by atoms with Gasteiger partial charge in [-0.15, -0.1) is 0 Å². The summed E-state index contributed by atoms with van der Waals surface area (Å²) in [6.07, 6.45) is 0.962. The van der Waals surface area contributed by atoms with Crippen molar-refractivity contribution in [1.29, 1.82) is 0 Å². The minimum absolute atomic E-state index is 0.122. The number of hydrogen-bond acceptors (Lipinski definition) is 1. The normalized spacial score (nSPS) is 12.4. The van der Waals surface area contributed by atoms with Crippen LogP contribution in [-0.4, -0.2) is 0 Å². The van der Waals surface area contributed by atoms with Crippen LogP contribution in [-0.2, 0) is 0 Å². The van der Waals surface area contributed by atoms with E-state index in [9.17, 15) is 0 Å². The van der Waals surface area contributed by atoms with E-state index >= 15 is 0 Å². The van der Waals surface area contributed by atoms with Crippen molar-refractivity contribution in [2.45, 2.75) is 19.4 Å². The SMILES string of the molecule is CCC(N)c1ccccc1-c1ccccc1. The molecule has 0 radical (unpaired) electrons. The predicted octanol–water partition coefficient (Wildman–Crippen LogP) is 3.76. The van der Waals surface area contributed by atoms with Gasteiger partial charge < -0.3 is 5.73 Å². The molecule has 16 heavy (non-hydrogen) atoms. The number of hydrogen-bond donors (Lipinski definition) is 1. The molecule has 1 unspecified atom stereocenters. The minimum atomic E-state index is 0.122. The van der Waals surface area contributed by atoms with Crippen LogP contribution in [0.1, 0.15) is 24.9 Å². The number of rotatable bonds is 3. The van der Waals surface area contributed by atoms with Crippen molar-refractivity contribution in [2.75, 3.05) is 0 Å². The predicted molar refractivity (Wildman–Crippen MR) is 69.1 cm³/mol. The molecule has 0 aliphatic carbocycles. The Morgan fingerprint density at radius 2 is 1.56 bits per heavy atom. The Morgan fingerprint density at radius 1 is 0.938 bits per heavy atom. The summed E-state index contributed by atoms with van der Waals surface area (Å²) in [4.78, 5) is 0.